The largest absolute Gasteiger partial charge is 0.310 e. The molecule has 0 saturated heterocycles. The molecule has 0 heterocycles. The molecule has 0 aromatic heterocycles. The monoisotopic (exact) mass is 648 g/mol. The molecule has 4 fully saturated rings. The molecule has 11 rings (SSSR count). The van der Waals surface area contributed by atoms with Crippen LogP contribution in [0.3, 0.4) is 0 Å². The molecule has 4 saturated carbocycles. The topological polar surface area (TPSA) is 3.24 Å². The molecule has 4 bridgehead atoms. The van der Waals surface area contributed by atoms with Gasteiger partial charge in [-0.1, -0.05) is 123 Å². The summed E-state index contributed by atoms with van der Waals surface area (Å²) in [5, 5.41) is 0. The number of fused-ring (bicyclic) bond motifs is 3. The van der Waals surface area contributed by atoms with Crippen LogP contribution in [0.2, 0.25) is 0 Å². The van der Waals surface area contributed by atoms with E-state index in [0.29, 0.717) is 11.5 Å². The summed E-state index contributed by atoms with van der Waals surface area (Å²) in [5.41, 5.74) is 15.6. The first kappa shape index (κ1) is 28.9. The van der Waals surface area contributed by atoms with Crippen molar-refractivity contribution in [1.82, 2.24) is 0 Å². The van der Waals surface area contributed by atoms with Crippen molar-refractivity contribution in [3.8, 4) is 33.4 Å². The van der Waals surface area contributed by atoms with Gasteiger partial charge in [0.1, 0.15) is 0 Å². The number of hydrogen-bond donors (Lipinski definition) is 0. The third kappa shape index (κ3) is 4.81. The van der Waals surface area contributed by atoms with Crippen molar-refractivity contribution in [2.75, 3.05) is 4.90 Å². The van der Waals surface area contributed by atoms with Crippen LogP contribution in [0.15, 0.2) is 146 Å². The second kappa shape index (κ2) is 11.3. The maximum absolute atomic E-state index is 7.91. The SMILES string of the molecule is [2H]c1ccc(-c2ccc(N(c3ccc(-c4ccc(C56CC7CC(CC(C7)C5)C6)cc4)cc3)c3ccc4c(c3)C(C)(C)c3ccccc3-4)cc2)cc1. The molecule has 0 unspecified atom stereocenters. The molecule has 1 nitrogen and oxygen atoms in total. The highest BCUT2D eigenvalue weighted by atomic mass is 15.1. The van der Waals surface area contributed by atoms with Gasteiger partial charge in [0.25, 0.3) is 0 Å². The van der Waals surface area contributed by atoms with Crippen molar-refractivity contribution in [3.63, 3.8) is 0 Å². The molecule has 0 radical (unpaired) electrons. The Hall–Kier alpha value is -4.88. The molecule has 6 aromatic rings. The molecule has 0 amide bonds. The lowest BCUT2D eigenvalue weighted by atomic mass is 9.48. The first-order valence-electron chi connectivity index (χ1n) is 19.3. The Labute approximate surface area is 299 Å². The van der Waals surface area contributed by atoms with Crippen LogP contribution in [0.5, 0.6) is 0 Å². The predicted molar refractivity (Wildman–Crippen MR) is 209 cm³/mol. The molecular formula is C49H45N. The first-order chi connectivity index (χ1) is 24.8. The van der Waals surface area contributed by atoms with Gasteiger partial charge >= 0.3 is 0 Å². The molecule has 50 heavy (non-hydrogen) atoms. The molecule has 1 heteroatoms. The minimum Gasteiger partial charge on any atom is -0.310 e. The molecule has 0 atom stereocenters. The van der Waals surface area contributed by atoms with Gasteiger partial charge in [0.05, 0.1) is 1.37 Å². The van der Waals surface area contributed by atoms with Gasteiger partial charge in [-0.15, -0.1) is 0 Å². The lowest BCUT2D eigenvalue weighted by Crippen LogP contribution is -2.48. The van der Waals surface area contributed by atoms with Gasteiger partial charge < -0.3 is 4.90 Å². The summed E-state index contributed by atoms with van der Waals surface area (Å²) >= 11 is 0. The van der Waals surface area contributed by atoms with Crippen LogP contribution in [0, 0.1) is 17.8 Å². The summed E-state index contributed by atoms with van der Waals surface area (Å²) in [6, 6.07) is 51.9. The molecular weight excluding hydrogens is 603 g/mol. The van der Waals surface area contributed by atoms with Crippen molar-refractivity contribution < 1.29 is 1.37 Å². The molecule has 5 aliphatic carbocycles. The van der Waals surface area contributed by atoms with E-state index in [0.717, 1.165) is 45.9 Å². The number of nitrogens with zero attached hydrogens (tertiary/aromatic N) is 1. The van der Waals surface area contributed by atoms with E-state index in [4.69, 9.17) is 1.37 Å². The van der Waals surface area contributed by atoms with Gasteiger partial charge in [-0.3, -0.25) is 0 Å². The molecule has 6 aromatic carbocycles. The van der Waals surface area contributed by atoms with E-state index in [1.807, 2.05) is 24.3 Å². The zero-order valence-electron chi connectivity index (χ0n) is 30.2. The summed E-state index contributed by atoms with van der Waals surface area (Å²) < 4.78 is 7.91. The zero-order valence-corrected chi connectivity index (χ0v) is 29.2. The summed E-state index contributed by atoms with van der Waals surface area (Å²) in [5.74, 6) is 2.89. The Kier molecular flexibility index (Phi) is 6.55. The van der Waals surface area contributed by atoms with Crippen molar-refractivity contribution in [1.29, 1.82) is 0 Å². The highest BCUT2D eigenvalue weighted by Gasteiger charge is 2.51. The van der Waals surface area contributed by atoms with Crippen LogP contribution in [-0.2, 0) is 10.8 Å². The second-order valence-corrected chi connectivity index (χ2v) is 16.4. The lowest BCUT2D eigenvalue weighted by molar-refractivity contribution is -0.00518. The first-order valence-corrected chi connectivity index (χ1v) is 18.8. The maximum Gasteiger partial charge on any atom is 0.0623 e. The van der Waals surface area contributed by atoms with Gasteiger partial charge in [0.15, 0.2) is 0 Å². The van der Waals surface area contributed by atoms with E-state index >= 15 is 0 Å². The molecule has 0 N–H and O–H groups in total. The van der Waals surface area contributed by atoms with E-state index in [1.165, 1.54) is 71.9 Å². The third-order valence-electron chi connectivity index (χ3n) is 13.0. The lowest BCUT2D eigenvalue weighted by Gasteiger charge is -2.57. The average molecular weight is 649 g/mol. The van der Waals surface area contributed by atoms with Crippen molar-refractivity contribution in [2.45, 2.75) is 63.2 Å². The van der Waals surface area contributed by atoms with Gasteiger partial charge in [0.2, 0.25) is 0 Å². The fourth-order valence-electron chi connectivity index (χ4n) is 10.9. The van der Waals surface area contributed by atoms with Crippen LogP contribution in [0.4, 0.5) is 17.1 Å². The van der Waals surface area contributed by atoms with E-state index in [2.05, 4.69) is 134 Å². The smallest absolute Gasteiger partial charge is 0.0623 e. The average Bonchev–Trinajstić information content (AvgIpc) is 3.38. The van der Waals surface area contributed by atoms with Gasteiger partial charge in [0, 0.05) is 22.5 Å². The third-order valence-corrected chi connectivity index (χ3v) is 13.0. The summed E-state index contributed by atoms with van der Waals surface area (Å²) in [6.45, 7) is 4.71. The standard InChI is InChI=1S/C49H45N/c1-48(2)46-11-7-6-10-44(46)45-25-24-43(29-47(45)48)50(41-20-14-38(15-21-41)36-8-4-3-5-9-36)42-22-16-39(17-23-42)37-12-18-40(19-13-37)49-30-33-26-34(31-49)28-35(27-33)32-49/h3-25,29,33-35H,26-28,30-32H2,1-2H3/i3D. The van der Waals surface area contributed by atoms with Crippen LogP contribution in [-0.4, -0.2) is 0 Å². The Morgan fingerprint density at radius 3 is 1.56 bits per heavy atom. The molecule has 5 aliphatic rings. The van der Waals surface area contributed by atoms with Crippen molar-refractivity contribution in [2.24, 2.45) is 17.8 Å². The van der Waals surface area contributed by atoms with Crippen LogP contribution in [0.1, 0.15) is 70.4 Å². The van der Waals surface area contributed by atoms with Crippen molar-refractivity contribution in [3.05, 3.63) is 162 Å². The second-order valence-electron chi connectivity index (χ2n) is 16.4. The Morgan fingerprint density at radius 1 is 0.500 bits per heavy atom. The summed E-state index contributed by atoms with van der Waals surface area (Å²) in [7, 11) is 0. The van der Waals surface area contributed by atoms with E-state index in [9.17, 15) is 0 Å². The summed E-state index contributed by atoms with van der Waals surface area (Å²) in [6.07, 6.45) is 8.69. The van der Waals surface area contributed by atoms with E-state index in [1.54, 1.807) is 5.56 Å². The number of rotatable bonds is 6. The number of hydrogen-bond acceptors (Lipinski definition) is 1. The number of anilines is 3. The quantitative estimate of drug-likeness (QED) is 0.174. The Balaban J connectivity index is 0.998. The molecule has 0 aliphatic heterocycles. The minimum atomic E-state index is -0.0757. The van der Waals surface area contributed by atoms with E-state index in [-0.39, 0.29) is 5.41 Å². The fraction of sp³-hybridized carbons (Fsp3) is 0.265. The van der Waals surface area contributed by atoms with Crippen LogP contribution in [0.25, 0.3) is 33.4 Å². The summed E-state index contributed by atoms with van der Waals surface area (Å²) in [4.78, 5) is 2.40. The van der Waals surface area contributed by atoms with Gasteiger partial charge in [-0.2, -0.15) is 0 Å². The van der Waals surface area contributed by atoms with Crippen LogP contribution >= 0.6 is 0 Å². The van der Waals surface area contributed by atoms with Gasteiger partial charge in [-0.05, 0) is 148 Å². The predicted octanol–water partition coefficient (Wildman–Crippen LogP) is 13.3. The highest BCUT2D eigenvalue weighted by molar-refractivity contribution is 5.86. The molecule has 0 spiro atoms. The zero-order chi connectivity index (χ0) is 34.3. The number of benzene rings is 6. The van der Waals surface area contributed by atoms with E-state index < -0.39 is 0 Å². The Bertz CT molecular complexity index is 2210. The van der Waals surface area contributed by atoms with Crippen LogP contribution < -0.4 is 4.90 Å². The fourth-order valence-corrected chi connectivity index (χ4v) is 10.9. The Morgan fingerprint density at radius 2 is 0.980 bits per heavy atom. The highest BCUT2D eigenvalue weighted by Crippen LogP contribution is 2.61. The minimum absolute atomic E-state index is 0.0757. The maximum atomic E-state index is 7.91. The normalized spacial score (nSPS) is 24.0. The molecule has 246 valence electrons. The van der Waals surface area contributed by atoms with Crippen molar-refractivity contribution >= 4 is 17.1 Å². The van der Waals surface area contributed by atoms with Gasteiger partial charge in [-0.25, -0.2) is 0 Å².